The van der Waals surface area contributed by atoms with Crippen molar-refractivity contribution in [1.82, 2.24) is 5.32 Å². The van der Waals surface area contributed by atoms with Gasteiger partial charge in [0.15, 0.2) is 0 Å². The van der Waals surface area contributed by atoms with Gasteiger partial charge in [-0.15, -0.1) is 23.7 Å². The van der Waals surface area contributed by atoms with Crippen LogP contribution in [0.2, 0.25) is 0 Å². The third-order valence-corrected chi connectivity index (χ3v) is 4.89. The van der Waals surface area contributed by atoms with Crippen LogP contribution in [0.1, 0.15) is 29.3 Å². The zero-order valence-corrected chi connectivity index (χ0v) is 15.3. The maximum absolute atomic E-state index is 11.8. The Hall–Kier alpha value is -0.880. The average Bonchev–Trinajstić information content (AvgIpc) is 2.91. The minimum absolute atomic E-state index is 0. The number of benzene rings is 1. The monoisotopic (exact) mass is 402 g/mol. The summed E-state index contributed by atoms with van der Waals surface area (Å²) in [6.45, 7) is 0.480. The second kappa shape index (κ2) is 10.0. The summed E-state index contributed by atoms with van der Waals surface area (Å²) < 4.78 is 1.13. The summed E-state index contributed by atoms with van der Waals surface area (Å²) in [4.78, 5) is 13.1. The van der Waals surface area contributed by atoms with Crippen LogP contribution in [0.25, 0.3) is 0 Å². The lowest BCUT2D eigenvalue weighted by Gasteiger charge is -2.13. The predicted octanol–water partition coefficient (Wildman–Crippen LogP) is 4.07. The van der Waals surface area contributed by atoms with Crippen molar-refractivity contribution in [3.05, 3.63) is 56.7 Å². The Morgan fingerprint density at radius 1 is 1.23 bits per heavy atom. The van der Waals surface area contributed by atoms with Crippen LogP contribution in [0.4, 0.5) is 0 Å². The summed E-state index contributed by atoms with van der Waals surface area (Å²) in [7, 11) is 0. The fraction of sp³-hybridized carbons (Fsp3) is 0.312. The van der Waals surface area contributed by atoms with Gasteiger partial charge in [0.2, 0.25) is 5.91 Å². The van der Waals surface area contributed by atoms with E-state index in [4.69, 9.17) is 5.73 Å². The van der Waals surface area contributed by atoms with Crippen molar-refractivity contribution < 1.29 is 4.79 Å². The Morgan fingerprint density at radius 2 is 1.95 bits per heavy atom. The van der Waals surface area contributed by atoms with Crippen LogP contribution in [0.15, 0.2) is 46.3 Å². The van der Waals surface area contributed by atoms with E-state index in [1.54, 1.807) is 11.3 Å². The molecule has 0 aliphatic heterocycles. The van der Waals surface area contributed by atoms with Crippen LogP contribution in [0.5, 0.6) is 0 Å². The molecule has 0 spiro atoms. The highest BCUT2D eigenvalue weighted by Gasteiger charge is 2.08. The van der Waals surface area contributed by atoms with Crippen molar-refractivity contribution in [1.29, 1.82) is 0 Å². The maximum Gasteiger partial charge on any atom is 0.220 e. The van der Waals surface area contributed by atoms with Crippen LogP contribution >= 0.6 is 39.7 Å². The van der Waals surface area contributed by atoms with Gasteiger partial charge in [-0.25, -0.2) is 0 Å². The molecule has 0 aliphatic rings. The van der Waals surface area contributed by atoms with E-state index in [1.165, 1.54) is 4.88 Å². The van der Waals surface area contributed by atoms with Gasteiger partial charge in [0.1, 0.15) is 0 Å². The molecule has 0 saturated heterocycles. The molecule has 1 aromatic heterocycles. The fourth-order valence-corrected chi connectivity index (χ4v) is 3.56. The normalized spacial score (nSPS) is 11.5. The van der Waals surface area contributed by atoms with Gasteiger partial charge in [0, 0.05) is 23.9 Å². The Balaban J connectivity index is 0.00000242. The SMILES string of the molecule is Cl.NC(CNC(=O)CCCc1ccc(Br)s1)c1ccccc1. The molecule has 22 heavy (non-hydrogen) atoms. The fourth-order valence-electron chi connectivity index (χ4n) is 2.04. The average molecular weight is 404 g/mol. The molecular weight excluding hydrogens is 384 g/mol. The maximum atomic E-state index is 11.8. The standard InChI is InChI=1S/C16H19BrN2OS.ClH/c17-15-10-9-13(21-15)7-4-8-16(20)19-11-14(18)12-5-2-1-3-6-12;/h1-3,5-6,9-10,14H,4,7-8,11,18H2,(H,19,20);1H. The summed E-state index contributed by atoms with van der Waals surface area (Å²) in [5.41, 5.74) is 7.09. The lowest BCUT2D eigenvalue weighted by molar-refractivity contribution is -0.121. The zero-order valence-electron chi connectivity index (χ0n) is 12.1. The minimum Gasteiger partial charge on any atom is -0.354 e. The summed E-state index contributed by atoms with van der Waals surface area (Å²) >= 11 is 5.16. The van der Waals surface area contributed by atoms with Crippen LogP contribution in [-0.4, -0.2) is 12.5 Å². The molecular formula is C16H20BrClN2OS. The van der Waals surface area contributed by atoms with Gasteiger partial charge in [0.05, 0.1) is 3.79 Å². The summed E-state index contributed by atoms with van der Waals surface area (Å²) in [6.07, 6.45) is 2.34. The van der Waals surface area contributed by atoms with Gasteiger partial charge in [-0.3, -0.25) is 4.79 Å². The molecule has 1 atom stereocenters. The van der Waals surface area contributed by atoms with E-state index in [0.717, 1.165) is 22.2 Å². The molecule has 1 unspecified atom stereocenters. The summed E-state index contributed by atoms with van der Waals surface area (Å²) in [5.74, 6) is 0.0667. The van der Waals surface area contributed by atoms with E-state index in [1.807, 2.05) is 36.4 Å². The first-order valence-corrected chi connectivity index (χ1v) is 8.57. The van der Waals surface area contributed by atoms with E-state index in [-0.39, 0.29) is 24.4 Å². The van der Waals surface area contributed by atoms with Gasteiger partial charge in [-0.05, 0) is 46.5 Å². The van der Waals surface area contributed by atoms with Crippen molar-refractivity contribution in [2.45, 2.75) is 25.3 Å². The number of nitrogens with one attached hydrogen (secondary N) is 1. The smallest absolute Gasteiger partial charge is 0.220 e. The molecule has 2 aromatic rings. The van der Waals surface area contributed by atoms with Crippen molar-refractivity contribution in [2.75, 3.05) is 6.54 Å². The van der Waals surface area contributed by atoms with Crippen LogP contribution in [-0.2, 0) is 11.2 Å². The second-order valence-corrected chi connectivity index (χ2v) is 7.43. The van der Waals surface area contributed by atoms with Crippen LogP contribution in [0.3, 0.4) is 0 Å². The van der Waals surface area contributed by atoms with Gasteiger partial charge in [-0.2, -0.15) is 0 Å². The molecule has 0 radical (unpaired) electrons. The molecule has 3 nitrogen and oxygen atoms in total. The molecule has 0 bridgehead atoms. The van der Waals surface area contributed by atoms with E-state index in [9.17, 15) is 4.79 Å². The first kappa shape index (κ1) is 19.2. The second-order valence-electron chi connectivity index (χ2n) is 4.88. The Bertz CT molecular complexity index is 577. The van der Waals surface area contributed by atoms with Crippen LogP contribution in [0, 0.1) is 0 Å². The molecule has 0 aliphatic carbocycles. The molecule has 2 rings (SSSR count). The molecule has 0 saturated carbocycles. The van der Waals surface area contributed by atoms with Crippen molar-refractivity contribution >= 4 is 45.6 Å². The highest BCUT2D eigenvalue weighted by molar-refractivity contribution is 9.11. The third-order valence-electron chi connectivity index (χ3n) is 3.20. The van der Waals surface area contributed by atoms with Crippen molar-refractivity contribution in [3.8, 4) is 0 Å². The van der Waals surface area contributed by atoms with Gasteiger partial charge >= 0.3 is 0 Å². The highest BCUT2D eigenvalue weighted by atomic mass is 79.9. The largest absolute Gasteiger partial charge is 0.354 e. The number of nitrogens with two attached hydrogens (primary N) is 1. The van der Waals surface area contributed by atoms with Crippen LogP contribution < -0.4 is 11.1 Å². The van der Waals surface area contributed by atoms with Crippen molar-refractivity contribution in [2.24, 2.45) is 5.73 Å². The van der Waals surface area contributed by atoms with Gasteiger partial charge in [-0.1, -0.05) is 30.3 Å². The van der Waals surface area contributed by atoms with Crippen molar-refractivity contribution in [3.63, 3.8) is 0 Å². The zero-order chi connectivity index (χ0) is 15.1. The number of aryl methyl sites for hydroxylation is 1. The van der Waals surface area contributed by atoms with Gasteiger partial charge in [0.25, 0.3) is 0 Å². The number of carbonyl (C=O) groups is 1. The predicted molar refractivity (Wildman–Crippen MR) is 98.6 cm³/mol. The number of rotatable bonds is 7. The first-order chi connectivity index (χ1) is 10.1. The van der Waals surface area contributed by atoms with E-state index < -0.39 is 0 Å². The highest BCUT2D eigenvalue weighted by Crippen LogP contribution is 2.23. The molecule has 1 amide bonds. The molecule has 1 aromatic carbocycles. The molecule has 0 fully saturated rings. The van der Waals surface area contributed by atoms with E-state index in [0.29, 0.717) is 13.0 Å². The van der Waals surface area contributed by atoms with E-state index >= 15 is 0 Å². The lowest BCUT2D eigenvalue weighted by atomic mass is 10.1. The molecule has 3 N–H and O–H groups in total. The molecule has 120 valence electrons. The number of amides is 1. The summed E-state index contributed by atoms with van der Waals surface area (Å²) in [6, 6.07) is 13.8. The summed E-state index contributed by atoms with van der Waals surface area (Å²) in [5, 5.41) is 2.90. The molecule has 1 heterocycles. The molecule has 6 heteroatoms. The topological polar surface area (TPSA) is 55.1 Å². The number of hydrogen-bond donors (Lipinski definition) is 2. The number of thiophene rings is 1. The third kappa shape index (κ3) is 6.48. The minimum atomic E-state index is -0.150. The number of hydrogen-bond acceptors (Lipinski definition) is 3. The quantitative estimate of drug-likeness (QED) is 0.732. The number of carbonyl (C=O) groups excluding carboxylic acids is 1. The lowest BCUT2D eigenvalue weighted by Crippen LogP contribution is -2.31. The van der Waals surface area contributed by atoms with E-state index in [2.05, 4.69) is 27.3 Å². The van der Waals surface area contributed by atoms with Gasteiger partial charge < -0.3 is 11.1 Å². The Kier molecular flexibility index (Phi) is 8.71. The first-order valence-electron chi connectivity index (χ1n) is 6.96. The Labute approximate surface area is 149 Å². The Morgan fingerprint density at radius 3 is 2.59 bits per heavy atom. The number of halogens is 2.